The lowest BCUT2D eigenvalue weighted by Gasteiger charge is -2.36. The number of likely N-dealkylation sites (tertiary alicyclic amines) is 1. The van der Waals surface area contributed by atoms with E-state index in [0.29, 0.717) is 0 Å². The second-order valence-corrected chi connectivity index (χ2v) is 9.96. The number of benzene rings is 3. The van der Waals surface area contributed by atoms with Crippen LogP contribution >= 0.6 is 0 Å². The Balaban J connectivity index is 1.66. The summed E-state index contributed by atoms with van der Waals surface area (Å²) in [6.45, 7) is 9.08. The van der Waals surface area contributed by atoms with E-state index < -0.39 is 0 Å². The molecule has 0 N–H and O–H groups in total. The summed E-state index contributed by atoms with van der Waals surface area (Å²) in [4.78, 5) is 21.3. The first kappa shape index (κ1) is 24.1. The van der Waals surface area contributed by atoms with Crippen molar-refractivity contribution in [1.82, 2.24) is 14.5 Å². The summed E-state index contributed by atoms with van der Waals surface area (Å²) in [5, 5.41) is 0. The molecule has 1 aromatic heterocycles. The van der Waals surface area contributed by atoms with Crippen molar-refractivity contribution >= 4 is 16.9 Å². The second-order valence-electron chi connectivity index (χ2n) is 9.96. The maximum atomic E-state index is 14.1. The number of hydrogen-bond acceptors (Lipinski definition) is 3. The number of ether oxygens (including phenoxy) is 1. The molecule has 0 aliphatic carbocycles. The zero-order valence-corrected chi connectivity index (χ0v) is 22.0. The molecule has 5 rings (SSSR count). The van der Waals surface area contributed by atoms with Gasteiger partial charge in [0, 0.05) is 17.8 Å². The van der Waals surface area contributed by atoms with Gasteiger partial charge < -0.3 is 9.64 Å². The van der Waals surface area contributed by atoms with Gasteiger partial charge in [-0.05, 0) is 99.5 Å². The molecule has 5 heteroatoms. The number of rotatable bonds is 5. The molecule has 1 aliphatic rings. The summed E-state index contributed by atoms with van der Waals surface area (Å²) < 4.78 is 7.64. The average molecular weight is 482 g/mol. The highest BCUT2D eigenvalue weighted by molar-refractivity contribution is 5.97. The van der Waals surface area contributed by atoms with Crippen molar-refractivity contribution in [3.8, 4) is 11.4 Å². The lowest BCUT2D eigenvalue weighted by molar-refractivity contribution is 0.0597. The summed E-state index contributed by atoms with van der Waals surface area (Å²) in [6, 6.07) is 18.8. The minimum atomic E-state index is -0.0917. The molecule has 1 atom stereocenters. The van der Waals surface area contributed by atoms with E-state index in [-0.39, 0.29) is 11.9 Å². The first-order valence-corrected chi connectivity index (χ1v) is 13.0. The molecule has 1 saturated heterocycles. The van der Waals surface area contributed by atoms with E-state index in [1.165, 1.54) is 11.1 Å². The van der Waals surface area contributed by atoms with Crippen LogP contribution in [0, 0.1) is 20.8 Å². The maximum Gasteiger partial charge on any atom is 0.255 e. The second kappa shape index (κ2) is 9.81. The summed E-state index contributed by atoms with van der Waals surface area (Å²) in [5.41, 5.74) is 8.41. The third-order valence-electron chi connectivity index (χ3n) is 7.44. The number of hydrogen-bond donors (Lipinski definition) is 0. The lowest BCUT2D eigenvalue weighted by atomic mass is 9.95. The number of methoxy groups -OCH3 is 1. The van der Waals surface area contributed by atoms with Crippen LogP contribution in [0.25, 0.3) is 16.7 Å². The van der Waals surface area contributed by atoms with Crippen LogP contribution in [0.1, 0.15) is 70.7 Å². The van der Waals surface area contributed by atoms with Crippen LogP contribution in [0.2, 0.25) is 0 Å². The molecule has 2 heterocycles. The van der Waals surface area contributed by atoms with Crippen molar-refractivity contribution in [1.29, 1.82) is 0 Å². The Hall–Kier alpha value is -3.60. The van der Waals surface area contributed by atoms with Gasteiger partial charge in [0.2, 0.25) is 0 Å². The molecular weight excluding hydrogens is 446 g/mol. The third-order valence-corrected chi connectivity index (χ3v) is 7.44. The van der Waals surface area contributed by atoms with E-state index in [4.69, 9.17) is 9.72 Å². The molecule has 4 aromatic rings. The van der Waals surface area contributed by atoms with E-state index in [2.05, 4.69) is 65.8 Å². The fourth-order valence-electron chi connectivity index (χ4n) is 5.69. The number of nitrogens with zero attached hydrogens (tertiary/aromatic N) is 3. The number of imidazole rings is 1. The van der Waals surface area contributed by atoms with Crippen molar-refractivity contribution in [2.45, 2.75) is 59.4 Å². The normalized spacial score (nSPS) is 15.9. The van der Waals surface area contributed by atoms with Gasteiger partial charge >= 0.3 is 0 Å². The molecule has 0 radical (unpaired) electrons. The highest BCUT2D eigenvalue weighted by atomic mass is 16.5. The monoisotopic (exact) mass is 481 g/mol. The number of aromatic nitrogens is 2. The van der Waals surface area contributed by atoms with Gasteiger partial charge in [-0.1, -0.05) is 30.7 Å². The Labute approximate surface area is 213 Å². The number of carbonyl (C=O) groups excluding carboxylic acids is 1. The third kappa shape index (κ3) is 4.27. The largest absolute Gasteiger partial charge is 0.497 e. The Bertz CT molecular complexity index is 1400. The van der Waals surface area contributed by atoms with Gasteiger partial charge in [-0.15, -0.1) is 0 Å². The highest BCUT2D eigenvalue weighted by Crippen LogP contribution is 2.36. The topological polar surface area (TPSA) is 47.4 Å². The number of fused-ring (bicyclic) bond motifs is 1. The molecule has 36 heavy (non-hydrogen) atoms. The first-order chi connectivity index (χ1) is 17.4. The Morgan fingerprint density at radius 3 is 2.39 bits per heavy atom. The van der Waals surface area contributed by atoms with Crippen LogP contribution < -0.4 is 4.74 Å². The van der Waals surface area contributed by atoms with Crippen molar-refractivity contribution < 1.29 is 9.53 Å². The predicted octanol–water partition coefficient (Wildman–Crippen LogP) is 6.89. The molecule has 0 saturated carbocycles. The van der Waals surface area contributed by atoms with E-state index in [9.17, 15) is 4.79 Å². The van der Waals surface area contributed by atoms with Gasteiger partial charge in [-0.25, -0.2) is 4.98 Å². The lowest BCUT2D eigenvalue weighted by Crippen LogP contribution is -2.40. The Morgan fingerprint density at radius 2 is 1.72 bits per heavy atom. The number of carbonyl (C=O) groups is 1. The fourth-order valence-corrected chi connectivity index (χ4v) is 5.69. The molecule has 3 aromatic carbocycles. The van der Waals surface area contributed by atoms with E-state index in [1.807, 2.05) is 26.0 Å². The minimum Gasteiger partial charge on any atom is -0.497 e. The smallest absolute Gasteiger partial charge is 0.255 e. The van der Waals surface area contributed by atoms with Gasteiger partial charge in [-0.3, -0.25) is 9.36 Å². The van der Waals surface area contributed by atoms with Gasteiger partial charge in [-0.2, -0.15) is 0 Å². The summed E-state index contributed by atoms with van der Waals surface area (Å²) in [7, 11) is 1.68. The zero-order valence-electron chi connectivity index (χ0n) is 22.0. The Kier molecular flexibility index (Phi) is 6.57. The van der Waals surface area contributed by atoms with Crippen LogP contribution in [-0.2, 0) is 6.42 Å². The molecular formula is C31H35N3O2. The minimum absolute atomic E-state index is 0.0917. The molecule has 1 amide bonds. The summed E-state index contributed by atoms with van der Waals surface area (Å²) in [5.74, 6) is 1.86. The zero-order chi connectivity index (χ0) is 25.4. The fraction of sp³-hybridized carbons (Fsp3) is 0.355. The van der Waals surface area contributed by atoms with E-state index in [1.54, 1.807) is 7.11 Å². The highest BCUT2D eigenvalue weighted by Gasteiger charge is 2.34. The van der Waals surface area contributed by atoms with Crippen molar-refractivity contribution in [3.05, 3.63) is 88.2 Å². The number of amides is 1. The van der Waals surface area contributed by atoms with Gasteiger partial charge in [0.05, 0.1) is 24.2 Å². The molecule has 1 fully saturated rings. The number of piperidine rings is 1. The molecule has 0 bridgehead atoms. The van der Waals surface area contributed by atoms with E-state index >= 15 is 0 Å². The van der Waals surface area contributed by atoms with Gasteiger partial charge in [0.25, 0.3) is 5.91 Å². The van der Waals surface area contributed by atoms with Gasteiger partial charge in [0.15, 0.2) is 0 Å². The summed E-state index contributed by atoms with van der Waals surface area (Å²) in [6.07, 6.45) is 3.94. The molecule has 1 aliphatic heterocycles. The predicted molar refractivity (Wildman–Crippen MR) is 145 cm³/mol. The number of aryl methyl sites for hydroxylation is 4. The SMILES string of the molecule is CCc1ccc2c(c1)nc(C1CCCCN1C(=O)c1c(C)cc(C)cc1C)n2-c1ccc(OC)cc1. The summed E-state index contributed by atoms with van der Waals surface area (Å²) >= 11 is 0. The van der Waals surface area contributed by atoms with Crippen molar-refractivity contribution in [2.75, 3.05) is 13.7 Å². The van der Waals surface area contributed by atoms with Crippen LogP contribution in [0.4, 0.5) is 0 Å². The standard InChI is InChI=1S/C31H35N3O2/c1-6-23-10-15-27-26(19-23)32-30(34(27)24-11-13-25(36-5)14-12-24)28-9-7-8-16-33(28)31(35)29-21(3)17-20(2)18-22(29)4/h10-15,17-19,28H,6-9,16H2,1-5H3. The molecule has 5 nitrogen and oxygen atoms in total. The average Bonchev–Trinajstić information content (AvgIpc) is 3.26. The maximum absolute atomic E-state index is 14.1. The quantitative estimate of drug-likeness (QED) is 0.312. The van der Waals surface area contributed by atoms with Crippen LogP contribution in [-0.4, -0.2) is 34.0 Å². The van der Waals surface area contributed by atoms with Gasteiger partial charge in [0.1, 0.15) is 11.6 Å². The molecule has 186 valence electrons. The van der Waals surface area contributed by atoms with Crippen LogP contribution in [0.5, 0.6) is 5.75 Å². The first-order valence-electron chi connectivity index (χ1n) is 13.0. The van der Waals surface area contributed by atoms with Crippen LogP contribution in [0.3, 0.4) is 0 Å². The van der Waals surface area contributed by atoms with Crippen LogP contribution in [0.15, 0.2) is 54.6 Å². The van der Waals surface area contributed by atoms with E-state index in [0.717, 1.165) is 77.2 Å². The van der Waals surface area contributed by atoms with Crippen molar-refractivity contribution in [2.24, 2.45) is 0 Å². The van der Waals surface area contributed by atoms with Crippen molar-refractivity contribution in [3.63, 3.8) is 0 Å². The Morgan fingerprint density at radius 1 is 1.00 bits per heavy atom. The molecule has 0 spiro atoms. The molecule has 1 unspecified atom stereocenters.